The lowest BCUT2D eigenvalue weighted by Crippen LogP contribution is -2.17. The maximum absolute atomic E-state index is 12.2. The topological polar surface area (TPSA) is 17.1 Å². The Kier molecular flexibility index (Phi) is 9.31. The van der Waals surface area contributed by atoms with Crippen LogP contribution in [0.1, 0.15) is 116 Å². The Labute approximate surface area is 145 Å². The van der Waals surface area contributed by atoms with Gasteiger partial charge in [-0.05, 0) is 31.1 Å². The van der Waals surface area contributed by atoms with Crippen molar-refractivity contribution in [2.75, 3.05) is 0 Å². The van der Waals surface area contributed by atoms with Crippen LogP contribution in [0.5, 0.6) is 0 Å². The Morgan fingerprint density at radius 1 is 0.739 bits per heavy atom. The molecule has 0 aromatic rings. The highest BCUT2D eigenvalue weighted by Gasteiger charge is 2.22. The number of Topliss-reactive ketones (excluding diaryl/α,β-unsaturated/α-hetero) is 1. The van der Waals surface area contributed by atoms with E-state index in [1.165, 1.54) is 96.3 Å². The Balaban J connectivity index is 1.48. The van der Waals surface area contributed by atoms with Gasteiger partial charge in [-0.1, -0.05) is 90.4 Å². The molecule has 0 heterocycles. The van der Waals surface area contributed by atoms with Crippen molar-refractivity contribution in [2.24, 2.45) is 17.8 Å². The van der Waals surface area contributed by atoms with Crippen LogP contribution in [0, 0.1) is 17.8 Å². The lowest BCUT2D eigenvalue weighted by Gasteiger charge is -2.28. The maximum atomic E-state index is 12.2. The third-order valence-electron chi connectivity index (χ3n) is 6.53. The third kappa shape index (κ3) is 7.40. The van der Waals surface area contributed by atoms with Gasteiger partial charge in [-0.15, -0.1) is 0 Å². The minimum absolute atomic E-state index is 0.433. The van der Waals surface area contributed by atoms with E-state index in [0.717, 1.165) is 24.7 Å². The van der Waals surface area contributed by atoms with Gasteiger partial charge in [0.15, 0.2) is 0 Å². The summed E-state index contributed by atoms with van der Waals surface area (Å²) < 4.78 is 0. The lowest BCUT2D eigenvalue weighted by atomic mass is 9.77. The summed E-state index contributed by atoms with van der Waals surface area (Å²) in [6, 6.07) is 0. The van der Waals surface area contributed by atoms with Crippen molar-refractivity contribution in [3.63, 3.8) is 0 Å². The van der Waals surface area contributed by atoms with Crippen molar-refractivity contribution in [1.29, 1.82) is 0 Å². The van der Waals surface area contributed by atoms with Gasteiger partial charge >= 0.3 is 0 Å². The molecule has 0 radical (unpaired) electrons. The van der Waals surface area contributed by atoms with Gasteiger partial charge in [0, 0.05) is 12.3 Å². The summed E-state index contributed by atoms with van der Waals surface area (Å²) >= 11 is 0. The van der Waals surface area contributed by atoms with E-state index in [9.17, 15) is 4.79 Å². The summed E-state index contributed by atoms with van der Waals surface area (Å²) in [5.41, 5.74) is 0. The van der Waals surface area contributed by atoms with Gasteiger partial charge in [0.05, 0.1) is 0 Å². The first kappa shape index (κ1) is 19.0. The van der Waals surface area contributed by atoms with Crippen molar-refractivity contribution >= 4 is 5.78 Å². The molecule has 0 aromatic heterocycles. The third-order valence-corrected chi connectivity index (χ3v) is 6.53. The summed E-state index contributed by atoms with van der Waals surface area (Å²) in [5.74, 6) is 3.03. The molecule has 0 bridgehead atoms. The van der Waals surface area contributed by atoms with E-state index in [0.29, 0.717) is 11.7 Å². The summed E-state index contributed by atoms with van der Waals surface area (Å²) in [7, 11) is 0. The van der Waals surface area contributed by atoms with Crippen molar-refractivity contribution in [1.82, 2.24) is 0 Å². The van der Waals surface area contributed by atoms with E-state index in [1.807, 2.05) is 0 Å². The van der Waals surface area contributed by atoms with Crippen LogP contribution in [-0.4, -0.2) is 5.78 Å². The van der Waals surface area contributed by atoms with Gasteiger partial charge in [0.1, 0.15) is 5.78 Å². The normalized spacial score (nSPS) is 26.3. The molecule has 0 aromatic carbocycles. The molecule has 0 N–H and O–H groups in total. The van der Waals surface area contributed by atoms with E-state index < -0.39 is 0 Å². The molecule has 2 fully saturated rings. The lowest BCUT2D eigenvalue weighted by molar-refractivity contribution is -0.123. The minimum atomic E-state index is 0.433. The molecule has 2 aliphatic rings. The number of rotatable bonds is 10. The number of carbonyl (C=O) groups is 1. The van der Waals surface area contributed by atoms with Crippen LogP contribution in [0.4, 0.5) is 0 Å². The number of unbranched alkanes of at least 4 members (excludes halogenated alkanes) is 3. The molecule has 0 spiro atoms. The van der Waals surface area contributed by atoms with Crippen molar-refractivity contribution in [2.45, 2.75) is 116 Å². The molecule has 134 valence electrons. The minimum Gasteiger partial charge on any atom is -0.299 e. The zero-order valence-electron chi connectivity index (χ0n) is 15.7. The fourth-order valence-electron chi connectivity index (χ4n) is 4.85. The van der Waals surface area contributed by atoms with Gasteiger partial charge in [-0.3, -0.25) is 4.79 Å². The highest BCUT2D eigenvalue weighted by molar-refractivity contribution is 5.80. The average Bonchev–Trinajstić information content (AvgIpc) is 2.61. The van der Waals surface area contributed by atoms with Crippen LogP contribution in [0.3, 0.4) is 0 Å². The van der Waals surface area contributed by atoms with Crippen LogP contribution in [0.25, 0.3) is 0 Å². The first-order valence-electron chi connectivity index (χ1n) is 10.8. The van der Waals surface area contributed by atoms with Crippen LogP contribution in [0.2, 0.25) is 0 Å². The summed E-state index contributed by atoms with van der Waals surface area (Å²) in [5, 5.41) is 0. The fourth-order valence-corrected chi connectivity index (χ4v) is 4.85. The van der Waals surface area contributed by atoms with Crippen LogP contribution in [-0.2, 0) is 4.79 Å². The van der Waals surface area contributed by atoms with Gasteiger partial charge in [0.2, 0.25) is 0 Å². The quantitative estimate of drug-likeness (QED) is 0.393. The van der Waals surface area contributed by atoms with Crippen LogP contribution in [0.15, 0.2) is 0 Å². The molecule has 0 unspecified atom stereocenters. The van der Waals surface area contributed by atoms with E-state index in [2.05, 4.69) is 6.92 Å². The number of carbonyl (C=O) groups excluding carboxylic acids is 1. The summed E-state index contributed by atoms with van der Waals surface area (Å²) in [6.07, 6.45) is 22.6. The predicted molar refractivity (Wildman–Crippen MR) is 99.6 cm³/mol. The standard InChI is InChI=1S/C22H40O/c1-2-3-5-10-19-15-17-20(18-16-19)11-8-9-14-22(23)21-12-6-4-7-13-21/h19-21H,2-18H2,1H3. The monoisotopic (exact) mass is 320 g/mol. The Morgan fingerprint density at radius 2 is 1.30 bits per heavy atom. The highest BCUT2D eigenvalue weighted by Crippen LogP contribution is 2.34. The molecular weight excluding hydrogens is 280 g/mol. The second-order valence-corrected chi connectivity index (χ2v) is 8.43. The highest BCUT2D eigenvalue weighted by atomic mass is 16.1. The van der Waals surface area contributed by atoms with E-state index >= 15 is 0 Å². The fraction of sp³-hybridized carbons (Fsp3) is 0.955. The Morgan fingerprint density at radius 3 is 1.87 bits per heavy atom. The van der Waals surface area contributed by atoms with E-state index in [-0.39, 0.29) is 0 Å². The molecule has 23 heavy (non-hydrogen) atoms. The molecule has 0 aliphatic heterocycles. The van der Waals surface area contributed by atoms with Crippen LogP contribution >= 0.6 is 0 Å². The molecule has 1 nitrogen and oxygen atoms in total. The second-order valence-electron chi connectivity index (χ2n) is 8.43. The molecule has 1 heteroatoms. The van der Waals surface area contributed by atoms with E-state index in [4.69, 9.17) is 0 Å². The molecule has 0 amide bonds. The first-order valence-corrected chi connectivity index (χ1v) is 10.8. The van der Waals surface area contributed by atoms with Gasteiger partial charge < -0.3 is 0 Å². The molecule has 0 saturated heterocycles. The number of hydrogen-bond acceptors (Lipinski definition) is 1. The smallest absolute Gasteiger partial charge is 0.135 e. The second kappa shape index (κ2) is 11.3. The van der Waals surface area contributed by atoms with E-state index in [1.54, 1.807) is 0 Å². The number of ketones is 1. The molecule has 2 aliphatic carbocycles. The van der Waals surface area contributed by atoms with Crippen LogP contribution < -0.4 is 0 Å². The van der Waals surface area contributed by atoms with Crippen molar-refractivity contribution in [3.05, 3.63) is 0 Å². The maximum Gasteiger partial charge on any atom is 0.135 e. The largest absolute Gasteiger partial charge is 0.299 e. The molecule has 2 saturated carbocycles. The Bertz CT molecular complexity index is 308. The van der Waals surface area contributed by atoms with Gasteiger partial charge in [0.25, 0.3) is 0 Å². The van der Waals surface area contributed by atoms with Crippen molar-refractivity contribution in [3.8, 4) is 0 Å². The molecule has 2 rings (SSSR count). The zero-order valence-corrected chi connectivity index (χ0v) is 15.7. The average molecular weight is 321 g/mol. The van der Waals surface area contributed by atoms with Gasteiger partial charge in [-0.25, -0.2) is 0 Å². The van der Waals surface area contributed by atoms with Gasteiger partial charge in [-0.2, -0.15) is 0 Å². The summed E-state index contributed by atoms with van der Waals surface area (Å²) in [4.78, 5) is 12.2. The first-order chi connectivity index (χ1) is 11.3. The number of hydrogen-bond donors (Lipinski definition) is 0. The predicted octanol–water partition coefficient (Wildman–Crippen LogP) is 7.08. The SMILES string of the molecule is CCCCCC1CCC(CCCCC(=O)C2CCCCC2)CC1. The zero-order chi connectivity index (χ0) is 16.3. The molecular formula is C22H40O. The molecule has 0 atom stereocenters. The van der Waals surface area contributed by atoms with Crippen molar-refractivity contribution < 1.29 is 4.79 Å². The summed E-state index contributed by atoms with van der Waals surface area (Å²) in [6.45, 7) is 2.30. The Hall–Kier alpha value is -0.330.